The van der Waals surface area contributed by atoms with E-state index in [1.165, 1.54) is 0 Å². The van der Waals surface area contributed by atoms with Crippen LogP contribution in [0.1, 0.15) is 15.9 Å². The van der Waals surface area contributed by atoms with E-state index in [-0.39, 0.29) is 12.1 Å². The number of nitrogens with one attached hydrogen (secondary N) is 1. The van der Waals surface area contributed by atoms with Gasteiger partial charge in [0.05, 0.1) is 18.8 Å². The molecule has 1 heterocycles. The topological polar surface area (TPSA) is 41.6 Å². The minimum atomic E-state index is -4.69. The van der Waals surface area contributed by atoms with Gasteiger partial charge in [0.2, 0.25) is 0 Å². The second-order valence-corrected chi connectivity index (χ2v) is 4.94. The van der Waals surface area contributed by atoms with Crippen molar-refractivity contribution in [1.29, 1.82) is 0 Å². The molecule has 0 atom stereocenters. The summed E-state index contributed by atoms with van der Waals surface area (Å²) < 4.78 is 56.2. The molecule has 1 aliphatic heterocycles. The number of rotatable bonds is 4. The van der Waals surface area contributed by atoms with Crippen LogP contribution in [0.2, 0.25) is 0 Å². The number of nitrogens with zero attached hydrogens (tertiary/aromatic N) is 1. The molecule has 1 aromatic rings. The molecular weight excluding hydrogens is 304 g/mol. The van der Waals surface area contributed by atoms with Crippen molar-refractivity contribution in [3.63, 3.8) is 0 Å². The van der Waals surface area contributed by atoms with E-state index in [0.29, 0.717) is 31.9 Å². The highest BCUT2D eigenvalue weighted by molar-refractivity contribution is 5.94. The molecule has 1 fully saturated rings. The molecule has 0 bridgehead atoms. The van der Waals surface area contributed by atoms with Crippen LogP contribution in [0, 0.1) is 5.82 Å². The molecular formula is C14H16F4N2O2. The third kappa shape index (κ3) is 4.67. The molecule has 0 radical (unpaired) electrons. The van der Waals surface area contributed by atoms with E-state index in [1.54, 1.807) is 0 Å². The molecule has 1 N–H and O–H groups in total. The Balaban J connectivity index is 1.93. The van der Waals surface area contributed by atoms with E-state index in [1.807, 2.05) is 0 Å². The van der Waals surface area contributed by atoms with Gasteiger partial charge in [-0.05, 0) is 18.2 Å². The van der Waals surface area contributed by atoms with Crippen molar-refractivity contribution in [1.82, 2.24) is 10.2 Å². The van der Waals surface area contributed by atoms with Crippen LogP contribution in [-0.2, 0) is 10.9 Å². The lowest BCUT2D eigenvalue weighted by molar-refractivity contribution is -0.137. The average Bonchev–Trinajstić information content (AvgIpc) is 2.46. The Bertz CT molecular complexity index is 528. The number of ether oxygens (including phenoxy) is 1. The highest BCUT2D eigenvalue weighted by atomic mass is 19.4. The first-order chi connectivity index (χ1) is 10.4. The number of morpholine rings is 1. The van der Waals surface area contributed by atoms with Crippen LogP contribution in [0.25, 0.3) is 0 Å². The second kappa shape index (κ2) is 7.06. The highest BCUT2D eigenvalue weighted by Crippen LogP contribution is 2.30. The fourth-order valence-electron chi connectivity index (χ4n) is 2.14. The Morgan fingerprint density at radius 2 is 1.91 bits per heavy atom. The zero-order chi connectivity index (χ0) is 16.2. The van der Waals surface area contributed by atoms with Crippen LogP contribution in [0.5, 0.6) is 0 Å². The maximum absolute atomic E-state index is 13.2. The van der Waals surface area contributed by atoms with Crippen LogP contribution in [0.15, 0.2) is 18.2 Å². The van der Waals surface area contributed by atoms with E-state index in [9.17, 15) is 22.4 Å². The van der Waals surface area contributed by atoms with Gasteiger partial charge in [-0.1, -0.05) is 0 Å². The average molecular weight is 320 g/mol. The summed E-state index contributed by atoms with van der Waals surface area (Å²) in [6.45, 7) is 3.56. The molecule has 0 aliphatic carbocycles. The quantitative estimate of drug-likeness (QED) is 0.862. The first-order valence-corrected chi connectivity index (χ1v) is 6.82. The van der Waals surface area contributed by atoms with Crippen molar-refractivity contribution in [3.05, 3.63) is 35.1 Å². The van der Waals surface area contributed by atoms with Gasteiger partial charge in [0.15, 0.2) is 0 Å². The standard InChI is InChI=1S/C14H16F4N2O2/c15-12-8-10(7-11(9-12)14(16,17)18)13(21)19-1-2-20-3-5-22-6-4-20/h7-9H,1-6H2,(H,19,21). The zero-order valence-electron chi connectivity index (χ0n) is 11.8. The van der Waals surface area contributed by atoms with Gasteiger partial charge in [-0.3, -0.25) is 9.69 Å². The number of carbonyl (C=O) groups is 1. The first-order valence-electron chi connectivity index (χ1n) is 6.82. The molecule has 122 valence electrons. The van der Waals surface area contributed by atoms with Crippen LogP contribution in [-0.4, -0.2) is 50.2 Å². The lowest BCUT2D eigenvalue weighted by Gasteiger charge is -2.26. The predicted molar refractivity (Wildman–Crippen MR) is 71.0 cm³/mol. The Kier molecular flexibility index (Phi) is 5.36. The number of hydrogen-bond acceptors (Lipinski definition) is 3. The van der Waals surface area contributed by atoms with Crippen molar-refractivity contribution in [2.75, 3.05) is 39.4 Å². The molecule has 4 nitrogen and oxygen atoms in total. The SMILES string of the molecule is O=C(NCCN1CCOCC1)c1cc(F)cc(C(F)(F)F)c1. The highest BCUT2D eigenvalue weighted by Gasteiger charge is 2.32. The van der Waals surface area contributed by atoms with Gasteiger partial charge in [-0.15, -0.1) is 0 Å². The van der Waals surface area contributed by atoms with Crippen LogP contribution < -0.4 is 5.32 Å². The summed E-state index contributed by atoms with van der Waals surface area (Å²) in [7, 11) is 0. The van der Waals surface area contributed by atoms with Crippen LogP contribution >= 0.6 is 0 Å². The normalized spacial score (nSPS) is 16.5. The van der Waals surface area contributed by atoms with Gasteiger partial charge in [-0.25, -0.2) is 4.39 Å². The summed E-state index contributed by atoms with van der Waals surface area (Å²) in [5, 5.41) is 2.50. The van der Waals surface area contributed by atoms with Crippen molar-refractivity contribution >= 4 is 5.91 Å². The predicted octanol–water partition coefficient (Wildman–Crippen LogP) is 1.91. The van der Waals surface area contributed by atoms with Crippen molar-refractivity contribution < 1.29 is 27.1 Å². The van der Waals surface area contributed by atoms with E-state index >= 15 is 0 Å². The zero-order valence-corrected chi connectivity index (χ0v) is 11.8. The van der Waals surface area contributed by atoms with Gasteiger partial charge < -0.3 is 10.1 Å². The molecule has 2 rings (SSSR count). The summed E-state index contributed by atoms with van der Waals surface area (Å²) in [5.74, 6) is -1.81. The lowest BCUT2D eigenvalue weighted by Crippen LogP contribution is -2.41. The molecule has 0 saturated carbocycles. The van der Waals surface area contributed by atoms with Gasteiger partial charge in [0.1, 0.15) is 5.82 Å². The third-order valence-electron chi connectivity index (χ3n) is 3.30. The molecule has 1 amide bonds. The first kappa shape index (κ1) is 16.7. The van der Waals surface area contributed by atoms with E-state index in [2.05, 4.69) is 10.2 Å². The number of amides is 1. The molecule has 0 unspecified atom stereocenters. The lowest BCUT2D eigenvalue weighted by atomic mass is 10.1. The van der Waals surface area contributed by atoms with E-state index in [4.69, 9.17) is 4.74 Å². The summed E-state index contributed by atoms with van der Waals surface area (Å²) in [5.41, 5.74) is -1.51. The monoisotopic (exact) mass is 320 g/mol. The summed E-state index contributed by atoms with van der Waals surface area (Å²) in [6, 6.07) is 1.80. The van der Waals surface area contributed by atoms with Gasteiger partial charge >= 0.3 is 6.18 Å². The maximum atomic E-state index is 13.2. The number of alkyl halides is 3. The molecule has 0 spiro atoms. The Morgan fingerprint density at radius 3 is 2.55 bits per heavy atom. The number of halogens is 4. The number of hydrogen-bond donors (Lipinski definition) is 1. The molecule has 1 aliphatic rings. The van der Waals surface area contributed by atoms with Gasteiger partial charge in [-0.2, -0.15) is 13.2 Å². The fourth-order valence-corrected chi connectivity index (χ4v) is 2.14. The third-order valence-corrected chi connectivity index (χ3v) is 3.30. The smallest absolute Gasteiger partial charge is 0.379 e. The van der Waals surface area contributed by atoms with Crippen LogP contribution in [0.3, 0.4) is 0 Å². The largest absolute Gasteiger partial charge is 0.416 e. The molecule has 1 aromatic carbocycles. The summed E-state index contributed by atoms with van der Waals surface area (Å²) >= 11 is 0. The summed E-state index contributed by atoms with van der Waals surface area (Å²) in [6.07, 6.45) is -4.69. The Hall–Kier alpha value is -1.67. The Labute approximate surface area is 125 Å². The maximum Gasteiger partial charge on any atom is 0.416 e. The van der Waals surface area contributed by atoms with Gasteiger partial charge in [0, 0.05) is 31.7 Å². The minimum Gasteiger partial charge on any atom is -0.379 e. The fraction of sp³-hybridized carbons (Fsp3) is 0.500. The molecule has 0 aromatic heterocycles. The number of benzene rings is 1. The van der Waals surface area contributed by atoms with E-state index in [0.717, 1.165) is 19.2 Å². The number of carbonyl (C=O) groups excluding carboxylic acids is 1. The van der Waals surface area contributed by atoms with E-state index < -0.39 is 23.5 Å². The molecule has 22 heavy (non-hydrogen) atoms. The Morgan fingerprint density at radius 1 is 1.23 bits per heavy atom. The second-order valence-electron chi connectivity index (χ2n) is 4.94. The minimum absolute atomic E-state index is 0.275. The molecule has 1 saturated heterocycles. The van der Waals surface area contributed by atoms with Gasteiger partial charge in [0.25, 0.3) is 5.91 Å². The van der Waals surface area contributed by atoms with Crippen molar-refractivity contribution in [2.24, 2.45) is 0 Å². The van der Waals surface area contributed by atoms with Crippen molar-refractivity contribution in [2.45, 2.75) is 6.18 Å². The van der Waals surface area contributed by atoms with Crippen molar-refractivity contribution in [3.8, 4) is 0 Å². The summed E-state index contributed by atoms with van der Waals surface area (Å²) in [4.78, 5) is 13.9. The molecule has 8 heteroatoms. The van der Waals surface area contributed by atoms with Crippen LogP contribution in [0.4, 0.5) is 17.6 Å².